The molecule has 0 radical (unpaired) electrons. The largest absolute Gasteiger partial charge is 0.378 e. The number of amides is 4. The quantitative estimate of drug-likeness (QED) is 0.0212. The third-order valence-corrected chi connectivity index (χ3v) is 6.25. The van der Waals surface area contributed by atoms with Gasteiger partial charge in [0.2, 0.25) is 23.6 Å². The maximum atomic E-state index is 11.4. The first kappa shape index (κ1) is 50.2. The van der Waals surface area contributed by atoms with Crippen LogP contribution in [0.1, 0.15) is 0 Å². The van der Waals surface area contributed by atoms with Crippen LogP contribution in [-0.2, 0) is 76.4 Å². The third-order valence-electron chi connectivity index (χ3n) is 6.25. The lowest BCUT2D eigenvalue weighted by Crippen LogP contribution is -2.43. The predicted molar refractivity (Wildman–Crippen MR) is 182 cm³/mol. The van der Waals surface area contributed by atoms with Gasteiger partial charge in [0.25, 0.3) is 0 Å². The van der Waals surface area contributed by atoms with E-state index in [1.165, 1.54) is 0 Å². The van der Waals surface area contributed by atoms with E-state index in [0.29, 0.717) is 0 Å². The van der Waals surface area contributed by atoms with E-state index in [2.05, 4.69) is 40.6 Å². The van der Waals surface area contributed by atoms with Gasteiger partial charge in [-0.15, -0.1) is 0 Å². The van der Waals surface area contributed by atoms with Gasteiger partial charge in [-0.2, -0.15) is 0 Å². The molecule has 0 aliphatic carbocycles. The molecule has 0 bridgehead atoms. The van der Waals surface area contributed by atoms with Gasteiger partial charge < -0.3 is 59.2 Å². The summed E-state index contributed by atoms with van der Waals surface area (Å²) in [6, 6.07) is 0. The van der Waals surface area contributed by atoms with Crippen LogP contribution in [0.25, 0.3) is 0 Å². The monoisotopic (exact) mass is 776 g/mol. The highest BCUT2D eigenvalue weighted by atomic mass is 16.6. The summed E-state index contributed by atoms with van der Waals surface area (Å²) < 4.78 is 45.9. The molecule has 0 aliphatic heterocycles. The van der Waals surface area contributed by atoms with E-state index >= 15 is 0 Å². The van der Waals surface area contributed by atoms with Crippen molar-refractivity contribution in [3.63, 3.8) is 0 Å². The molecule has 0 fully saturated rings. The minimum atomic E-state index is -0.793. The fourth-order valence-electron chi connectivity index (χ4n) is 3.84. The molecule has 0 aromatic carbocycles. The van der Waals surface area contributed by atoms with Crippen LogP contribution in [0.2, 0.25) is 0 Å². The Morgan fingerprint density at radius 2 is 0.547 bits per heavy atom. The number of nitrogens with one attached hydrogen (secondary N) is 4. The van der Waals surface area contributed by atoms with E-state index in [-0.39, 0.29) is 182 Å². The SMILES string of the molecule is NOCC(=O)NCCOCCOCC(COCCOCCNC(=O)CON)(COCCOCCNC(=O)CON)COCCOCCNC(=O)CON. The number of ether oxygens (including phenoxy) is 8. The Bertz CT molecular complexity index is 773. The van der Waals surface area contributed by atoms with Gasteiger partial charge in [-0.05, 0) is 0 Å². The van der Waals surface area contributed by atoms with Gasteiger partial charge in [0.15, 0.2) is 0 Å². The van der Waals surface area contributed by atoms with Crippen LogP contribution in [0, 0.1) is 5.41 Å². The van der Waals surface area contributed by atoms with Crippen molar-refractivity contribution in [1.82, 2.24) is 21.3 Å². The molecule has 0 atom stereocenters. The molecule has 0 spiro atoms. The molecule has 0 aromatic rings. The summed E-state index contributed by atoms with van der Waals surface area (Å²) in [5, 5.41) is 10.4. The average molecular weight is 777 g/mol. The van der Waals surface area contributed by atoms with E-state index < -0.39 is 5.41 Å². The molecule has 0 rings (SSSR count). The number of carbonyl (C=O) groups is 4. The van der Waals surface area contributed by atoms with Crippen molar-refractivity contribution in [2.75, 3.05) is 158 Å². The minimum Gasteiger partial charge on any atom is -0.378 e. The molecule has 0 saturated heterocycles. The maximum Gasteiger partial charge on any atom is 0.248 e. The number of rotatable bonds is 40. The number of carbonyl (C=O) groups excluding carboxylic acids is 4. The zero-order chi connectivity index (χ0) is 39.1. The molecule has 0 unspecified atom stereocenters. The molecule has 0 aliphatic rings. The summed E-state index contributed by atoms with van der Waals surface area (Å²) in [5.41, 5.74) is -0.793. The average Bonchev–Trinajstić information content (AvgIpc) is 3.13. The Morgan fingerprint density at radius 3 is 0.755 bits per heavy atom. The molecular formula is C29H60N8O16. The van der Waals surface area contributed by atoms with Gasteiger partial charge in [-0.3, -0.25) is 38.5 Å². The molecule has 0 saturated carbocycles. The topological polar surface area (TPSA) is 331 Å². The van der Waals surface area contributed by atoms with E-state index in [1.807, 2.05) is 0 Å². The Labute approximate surface area is 308 Å². The number of nitrogens with two attached hydrogens (primary N) is 4. The fraction of sp³-hybridized carbons (Fsp3) is 0.862. The highest BCUT2D eigenvalue weighted by molar-refractivity contribution is 5.78. The maximum absolute atomic E-state index is 11.4. The van der Waals surface area contributed by atoms with E-state index in [4.69, 9.17) is 61.5 Å². The molecule has 0 aromatic heterocycles. The van der Waals surface area contributed by atoms with Crippen LogP contribution in [0.4, 0.5) is 0 Å². The zero-order valence-corrected chi connectivity index (χ0v) is 30.3. The van der Waals surface area contributed by atoms with E-state index in [0.717, 1.165) is 0 Å². The first-order valence-corrected chi connectivity index (χ1v) is 16.8. The van der Waals surface area contributed by atoms with Gasteiger partial charge in [0.05, 0.1) is 111 Å². The second-order valence-electron chi connectivity index (χ2n) is 10.8. The summed E-state index contributed by atoms with van der Waals surface area (Å²) in [5.74, 6) is 18.1. The molecule has 4 amide bonds. The Balaban J connectivity index is 5.08. The number of hydrogen-bond donors (Lipinski definition) is 8. The van der Waals surface area contributed by atoms with Crippen LogP contribution in [-0.4, -0.2) is 182 Å². The van der Waals surface area contributed by atoms with Crippen LogP contribution >= 0.6 is 0 Å². The third kappa shape index (κ3) is 33.5. The van der Waals surface area contributed by atoms with Crippen LogP contribution in [0.15, 0.2) is 0 Å². The molecule has 24 nitrogen and oxygen atoms in total. The molecule has 12 N–H and O–H groups in total. The Hall–Kier alpha value is -2.76. The fourth-order valence-corrected chi connectivity index (χ4v) is 3.84. The summed E-state index contributed by atoms with van der Waals surface area (Å²) in [6.45, 7) is 3.55. The Morgan fingerprint density at radius 1 is 0.340 bits per heavy atom. The van der Waals surface area contributed by atoms with Crippen LogP contribution in [0.3, 0.4) is 0 Å². The van der Waals surface area contributed by atoms with Gasteiger partial charge in [0.1, 0.15) is 26.4 Å². The molecule has 312 valence electrons. The smallest absolute Gasteiger partial charge is 0.248 e. The van der Waals surface area contributed by atoms with Crippen molar-refractivity contribution in [1.29, 1.82) is 0 Å². The van der Waals surface area contributed by atoms with Gasteiger partial charge >= 0.3 is 0 Å². The second-order valence-corrected chi connectivity index (χ2v) is 10.8. The lowest BCUT2D eigenvalue weighted by Gasteiger charge is -2.33. The van der Waals surface area contributed by atoms with E-state index in [9.17, 15) is 19.2 Å². The predicted octanol–water partition coefficient (Wildman–Crippen LogP) is -5.87. The lowest BCUT2D eigenvalue weighted by atomic mass is 9.92. The summed E-state index contributed by atoms with van der Waals surface area (Å²) in [7, 11) is 0. The normalized spacial score (nSPS) is 11.4. The molecular weight excluding hydrogens is 716 g/mol. The summed E-state index contributed by atoms with van der Waals surface area (Å²) >= 11 is 0. The van der Waals surface area contributed by atoms with Crippen molar-refractivity contribution in [2.24, 2.45) is 29.0 Å². The van der Waals surface area contributed by atoms with Crippen LogP contribution in [0.5, 0.6) is 0 Å². The van der Waals surface area contributed by atoms with Crippen molar-refractivity contribution < 1.29 is 76.4 Å². The second kappa shape index (κ2) is 37.6. The number of hydrogen-bond acceptors (Lipinski definition) is 20. The molecule has 24 heteroatoms. The lowest BCUT2D eigenvalue weighted by molar-refractivity contribution is -0.126. The first-order valence-electron chi connectivity index (χ1n) is 16.8. The Kier molecular flexibility index (Phi) is 35.6. The van der Waals surface area contributed by atoms with Gasteiger partial charge in [-0.1, -0.05) is 0 Å². The van der Waals surface area contributed by atoms with Crippen molar-refractivity contribution in [2.45, 2.75) is 0 Å². The summed E-state index contributed by atoms with van der Waals surface area (Å²) in [4.78, 5) is 62.8. The first-order chi connectivity index (χ1) is 25.8. The molecule has 53 heavy (non-hydrogen) atoms. The van der Waals surface area contributed by atoms with Gasteiger partial charge in [-0.25, -0.2) is 23.6 Å². The van der Waals surface area contributed by atoms with Crippen molar-refractivity contribution in [3.8, 4) is 0 Å². The van der Waals surface area contributed by atoms with Gasteiger partial charge in [0, 0.05) is 26.2 Å². The van der Waals surface area contributed by atoms with Crippen LogP contribution < -0.4 is 44.9 Å². The molecule has 0 heterocycles. The highest BCUT2D eigenvalue weighted by Crippen LogP contribution is 2.21. The highest BCUT2D eigenvalue weighted by Gasteiger charge is 2.32. The van der Waals surface area contributed by atoms with Crippen molar-refractivity contribution >= 4 is 23.6 Å². The van der Waals surface area contributed by atoms with Crippen molar-refractivity contribution in [3.05, 3.63) is 0 Å². The summed E-state index contributed by atoms with van der Waals surface area (Å²) in [6.07, 6.45) is 0. The van der Waals surface area contributed by atoms with E-state index in [1.54, 1.807) is 0 Å². The zero-order valence-electron chi connectivity index (χ0n) is 30.3. The minimum absolute atomic E-state index is 0.156. The standard InChI is InChI=1S/C29H60N8O16/c30-50-17-25(38)34-1-5-42-9-13-46-21-29(22-47-14-10-43-6-2-35-26(39)18-51-31,23-48-15-11-44-7-3-36-27(40)19-52-32)24-49-16-12-45-8-4-37-28(41)20-53-33/h1-24,30-33H2,(H,34,38)(H,35,39)(H,36,40)(H,37,41).